The lowest BCUT2D eigenvalue weighted by Gasteiger charge is -2.30. The Bertz CT molecular complexity index is 730. The SMILES string of the molecule is CCC1(CC)CC2COC(=O)C2(Cc2ccc(NC(=O)OC(C)(C)C)cc2)C1. The van der Waals surface area contributed by atoms with Crippen molar-refractivity contribution in [1.82, 2.24) is 0 Å². The van der Waals surface area contributed by atoms with Crippen molar-refractivity contribution in [1.29, 1.82) is 0 Å². The third kappa shape index (κ3) is 4.03. The van der Waals surface area contributed by atoms with Crippen LogP contribution in [0, 0.1) is 16.7 Å². The molecular weight excluding hydrogens is 354 g/mol. The highest BCUT2D eigenvalue weighted by molar-refractivity contribution is 5.85. The van der Waals surface area contributed by atoms with Gasteiger partial charge in [-0.2, -0.15) is 0 Å². The van der Waals surface area contributed by atoms with Crippen molar-refractivity contribution >= 4 is 17.7 Å². The Balaban J connectivity index is 1.72. The molecular formula is C23H33NO4. The third-order valence-corrected chi connectivity index (χ3v) is 6.59. The zero-order chi connectivity index (χ0) is 20.6. The Hall–Kier alpha value is -2.04. The summed E-state index contributed by atoms with van der Waals surface area (Å²) in [5, 5.41) is 2.75. The molecule has 5 heteroatoms. The maximum atomic E-state index is 12.8. The summed E-state index contributed by atoms with van der Waals surface area (Å²) in [6.45, 7) is 10.5. The largest absolute Gasteiger partial charge is 0.465 e. The number of carbonyl (C=O) groups excluding carboxylic acids is 2. The van der Waals surface area contributed by atoms with Gasteiger partial charge in [0.15, 0.2) is 0 Å². The Morgan fingerprint density at radius 3 is 2.43 bits per heavy atom. The molecule has 1 amide bonds. The highest BCUT2D eigenvalue weighted by Gasteiger charge is 2.61. The maximum Gasteiger partial charge on any atom is 0.412 e. The van der Waals surface area contributed by atoms with Gasteiger partial charge in [0.2, 0.25) is 0 Å². The van der Waals surface area contributed by atoms with E-state index in [1.54, 1.807) is 0 Å². The van der Waals surface area contributed by atoms with Gasteiger partial charge >= 0.3 is 12.1 Å². The molecule has 154 valence electrons. The lowest BCUT2D eigenvalue weighted by molar-refractivity contribution is -0.147. The third-order valence-electron chi connectivity index (χ3n) is 6.59. The molecule has 0 radical (unpaired) electrons. The number of esters is 1. The van der Waals surface area contributed by atoms with Crippen LogP contribution in [-0.2, 0) is 20.7 Å². The average Bonchev–Trinajstić information content (AvgIpc) is 3.09. The van der Waals surface area contributed by atoms with Crippen molar-refractivity contribution in [3.05, 3.63) is 29.8 Å². The summed E-state index contributed by atoms with van der Waals surface area (Å²) in [4.78, 5) is 24.7. The monoisotopic (exact) mass is 387 g/mol. The molecule has 1 aromatic carbocycles. The van der Waals surface area contributed by atoms with E-state index in [1.807, 2.05) is 45.0 Å². The van der Waals surface area contributed by atoms with Crippen LogP contribution in [0.3, 0.4) is 0 Å². The fourth-order valence-corrected chi connectivity index (χ4v) is 4.94. The predicted octanol–water partition coefficient (Wildman–Crippen LogP) is 5.34. The van der Waals surface area contributed by atoms with Crippen molar-refractivity contribution in [2.24, 2.45) is 16.7 Å². The molecule has 0 spiro atoms. The van der Waals surface area contributed by atoms with Crippen LogP contribution in [0.2, 0.25) is 0 Å². The normalized spacial score (nSPS) is 25.9. The van der Waals surface area contributed by atoms with E-state index in [4.69, 9.17) is 9.47 Å². The van der Waals surface area contributed by atoms with E-state index in [9.17, 15) is 9.59 Å². The minimum absolute atomic E-state index is 0.0303. The Morgan fingerprint density at radius 1 is 1.21 bits per heavy atom. The smallest absolute Gasteiger partial charge is 0.412 e. The summed E-state index contributed by atoms with van der Waals surface area (Å²) in [6.07, 6.45) is 4.43. The average molecular weight is 388 g/mol. The summed E-state index contributed by atoms with van der Waals surface area (Å²) in [5.41, 5.74) is 1.11. The summed E-state index contributed by atoms with van der Waals surface area (Å²) < 4.78 is 10.8. The van der Waals surface area contributed by atoms with E-state index in [1.165, 1.54) is 0 Å². The second-order valence-electron chi connectivity index (χ2n) is 9.54. The van der Waals surface area contributed by atoms with E-state index in [0.29, 0.717) is 24.6 Å². The molecule has 1 aliphatic carbocycles. The number of ether oxygens (including phenoxy) is 2. The molecule has 3 rings (SSSR count). The van der Waals surface area contributed by atoms with Crippen LogP contribution in [-0.4, -0.2) is 24.3 Å². The molecule has 0 aromatic heterocycles. The number of cyclic esters (lactones) is 1. The van der Waals surface area contributed by atoms with Crippen molar-refractivity contribution in [3.63, 3.8) is 0 Å². The summed E-state index contributed by atoms with van der Waals surface area (Å²) in [6, 6.07) is 7.71. The Morgan fingerprint density at radius 2 is 1.86 bits per heavy atom. The first-order valence-corrected chi connectivity index (χ1v) is 10.4. The van der Waals surface area contributed by atoms with Crippen LogP contribution in [0.5, 0.6) is 0 Å². The van der Waals surface area contributed by atoms with Gasteiger partial charge in [-0.1, -0.05) is 38.8 Å². The molecule has 1 aliphatic heterocycles. The second kappa shape index (κ2) is 7.41. The first-order valence-electron chi connectivity index (χ1n) is 10.4. The number of rotatable bonds is 5. The summed E-state index contributed by atoms with van der Waals surface area (Å²) in [5.74, 6) is 0.275. The van der Waals surface area contributed by atoms with E-state index in [0.717, 1.165) is 31.2 Å². The maximum absolute atomic E-state index is 12.8. The minimum Gasteiger partial charge on any atom is -0.465 e. The molecule has 28 heavy (non-hydrogen) atoms. The molecule has 1 saturated carbocycles. The zero-order valence-corrected chi connectivity index (χ0v) is 17.8. The highest BCUT2D eigenvalue weighted by Crippen LogP contribution is 2.60. The van der Waals surface area contributed by atoms with E-state index in [2.05, 4.69) is 19.2 Å². The quantitative estimate of drug-likeness (QED) is 0.693. The molecule has 5 nitrogen and oxygen atoms in total. The molecule has 0 bridgehead atoms. The first kappa shape index (κ1) is 20.7. The summed E-state index contributed by atoms with van der Waals surface area (Å²) >= 11 is 0. The number of hydrogen-bond donors (Lipinski definition) is 1. The van der Waals surface area contributed by atoms with Crippen molar-refractivity contribution in [2.75, 3.05) is 11.9 Å². The second-order valence-corrected chi connectivity index (χ2v) is 9.54. The van der Waals surface area contributed by atoms with Crippen molar-refractivity contribution in [3.8, 4) is 0 Å². The fraction of sp³-hybridized carbons (Fsp3) is 0.652. The molecule has 1 saturated heterocycles. The van der Waals surface area contributed by atoms with Gasteiger partial charge in [0, 0.05) is 11.6 Å². The minimum atomic E-state index is -0.533. The van der Waals surface area contributed by atoms with Gasteiger partial charge in [-0.25, -0.2) is 4.79 Å². The molecule has 2 unspecified atom stereocenters. The van der Waals surface area contributed by atoms with Gasteiger partial charge in [-0.3, -0.25) is 10.1 Å². The zero-order valence-electron chi connectivity index (χ0n) is 17.8. The van der Waals surface area contributed by atoms with Crippen molar-refractivity contribution in [2.45, 2.75) is 72.3 Å². The van der Waals surface area contributed by atoms with Crippen LogP contribution in [0.25, 0.3) is 0 Å². The standard InChI is InChI=1S/C23H33NO4/c1-6-22(7-2)13-17-14-27-19(25)23(17,15-22)12-16-8-10-18(11-9-16)24-20(26)28-21(3,4)5/h8-11,17H,6-7,12-15H2,1-5H3,(H,24,26). The van der Waals surface area contributed by atoms with Gasteiger partial charge in [-0.05, 0) is 63.1 Å². The van der Waals surface area contributed by atoms with Crippen LogP contribution < -0.4 is 5.32 Å². The molecule has 2 aliphatic rings. The Labute approximate surface area is 168 Å². The highest BCUT2D eigenvalue weighted by atomic mass is 16.6. The number of fused-ring (bicyclic) bond motifs is 1. The lowest BCUT2D eigenvalue weighted by Crippen LogP contribution is -2.33. The van der Waals surface area contributed by atoms with Crippen LogP contribution in [0.1, 0.15) is 65.9 Å². The van der Waals surface area contributed by atoms with Gasteiger partial charge in [0.05, 0.1) is 12.0 Å². The first-order chi connectivity index (χ1) is 13.1. The number of nitrogens with one attached hydrogen (secondary N) is 1. The topological polar surface area (TPSA) is 64.6 Å². The molecule has 1 aromatic rings. The van der Waals surface area contributed by atoms with E-state index < -0.39 is 17.1 Å². The molecule has 2 atom stereocenters. The molecule has 1 N–H and O–H groups in total. The fourth-order valence-electron chi connectivity index (χ4n) is 4.94. The van der Waals surface area contributed by atoms with Gasteiger partial charge in [-0.15, -0.1) is 0 Å². The molecule has 2 fully saturated rings. The summed E-state index contributed by atoms with van der Waals surface area (Å²) in [7, 11) is 0. The van der Waals surface area contributed by atoms with E-state index >= 15 is 0 Å². The lowest BCUT2D eigenvalue weighted by atomic mass is 9.72. The van der Waals surface area contributed by atoms with Crippen LogP contribution in [0.4, 0.5) is 10.5 Å². The van der Waals surface area contributed by atoms with Gasteiger partial charge < -0.3 is 9.47 Å². The van der Waals surface area contributed by atoms with Gasteiger partial charge in [0.1, 0.15) is 5.60 Å². The van der Waals surface area contributed by atoms with E-state index in [-0.39, 0.29) is 11.4 Å². The van der Waals surface area contributed by atoms with Crippen LogP contribution in [0.15, 0.2) is 24.3 Å². The van der Waals surface area contributed by atoms with Crippen molar-refractivity contribution < 1.29 is 19.1 Å². The van der Waals surface area contributed by atoms with Gasteiger partial charge in [0.25, 0.3) is 0 Å². The number of anilines is 1. The Kier molecular flexibility index (Phi) is 5.48. The number of hydrogen-bond acceptors (Lipinski definition) is 4. The van der Waals surface area contributed by atoms with Crippen LogP contribution >= 0.6 is 0 Å². The predicted molar refractivity (Wildman–Crippen MR) is 109 cm³/mol. The number of amides is 1. The number of carbonyl (C=O) groups is 2. The number of benzene rings is 1. The molecule has 1 heterocycles.